The van der Waals surface area contributed by atoms with Crippen LogP contribution < -0.4 is 29.9 Å². The number of ether oxygens (including phenoxy) is 2. The molecule has 0 aliphatic carbocycles. The maximum Gasteiger partial charge on any atom is 0.255 e. The van der Waals surface area contributed by atoms with E-state index in [1.165, 1.54) is 0 Å². The molecule has 14 nitrogen and oxygen atoms in total. The van der Waals surface area contributed by atoms with Crippen molar-refractivity contribution >= 4 is 34.9 Å². The normalized spacial score (nSPS) is 23.3. The van der Waals surface area contributed by atoms with Crippen molar-refractivity contribution in [1.82, 2.24) is 30.3 Å². The minimum absolute atomic E-state index is 0.0364. The average Bonchev–Trinajstić information content (AvgIpc) is 3.76. The van der Waals surface area contributed by atoms with Gasteiger partial charge in [-0.25, -0.2) is 4.98 Å². The fourth-order valence-corrected chi connectivity index (χ4v) is 9.16. The predicted octanol–water partition coefficient (Wildman–Crippen LogP) is 4.17. The van der Waals surface area contributed by atoms with Crippen molar-refractivity contribution in [3.05, 3.63) is 83.0 Å². The molecule has 4 aromatic rings. The van der Waals surface area contributed by atoms with E-state index in [-0.39, 0.29) is 35.8 Å². The lowest BCUT2D eigenvalue weighted by atomic mass is 9.90. The van der Waals surface area contributed by atoms with E-state index in [1.807, 2.05) is 42.6 Å². The molecule has 0 bridgehead atoms. The number of nitrogens with zero attached hydrogens (tertiary/aromatic N) is 7. The van der Waals surface area contributed by atoms with Crippen LogP contribution in [0.4, 0.5) is 17.2 Å². The van der Waals surface area contributed by atoms with E-state index in [4.69, 9.17) is 14.5 Å². The number of aromatic nitrogens is 3. The zero-order valence-electron chi connectivity index (χ0n) is 32.1. The van der Waals surface area contributed by atoms with E-state index < -0.39 is 6.04 Å². The third-order valence-corrected chi connectivity index (χ3v) is 12.3. The molecule has 3 saturated heterocycles. The molecule has 56 heavy (non-hydrogen) atoms. The van der Waals surface area contributed by atoms with Crippen molar-refractivity contribution in [2.45, 2.75) is 70.3 Å². The molecule has 2 aromatic heterocycles. The number of piperazine rings is 1. The van der Waals surface area contributed by atoms with E-state index >= 15 is 0 Å². The van der Waals surface area contributed by atoms with Gasteiger partial charge in [0.15, 0.2) is 5.82 Å². The first-order chi connectivity index (χ1) is 27.2. The van der Waals surface area contributed by atoms with Crippen LogP contribution in [0, 0.1) is 6.92 Å². The highest BCUT2D eigenvalue weighted by molar-refractivity contribution is 6.05. The van der Waals surface area contributed by atoms with Gasteiger partial charge >= 0.3 is 0 Å². The second-order valence-corrected chi connectivity index (χ2v) is 15.6. The first-order valence-corrected chi connectivity index (χ1v) is 19.6. The molecule has 3 fully saturated rings. The summed E-state index contributed by atoms with van der Waals surface area (Å²) in [6.45, 7) is 10.4. The van der Waals surface area contributed by atoms with Gasteiger partial charge in [0.2, 0.25) is 17.7 Å². The van der Waals surface area contributed by atoms with E-state index in [1.54, 1.807) is 12.0 Å². The van der Waals surface area contributed by atoms with Crippen LogP contribution in [0.1, 0.15) is 59.7 Å². The lowest BCUT2D eigenvalue weighted by Gasteiger charge is -2.43. The van der Waals surface area contributed by atoms with Gasteiger partial charge in [-0.05, 0) is 67.3 Å². The second-order valence-electron chi connectivity index (χ2n) is 15.6. The fraction of sp³-hybridized carbons (Fsp3) is 0.429. The number of pyridine rings is 1. The number of hydrogen-bond acceptors (Lipinski definition) is 12. The number of carbonyl (C=O) groups is 3. The summed E-state index contributed by atoms with van der Waals surface area (Å²) in [5.74, 6) is 1.41. The summed E-state index contributed by atoms with van der Waals surface area (Å²) >= 11 is 0. The zero-order chi connectivity index (χ0) is 38.6. The summed E-state index contributed by atoms with van der Waals surface area (Å²) in [6, 6.07) is 17.6. The first-order valence-electron chi connectivity index (χ1n) is 19.6. The minimum atomic E-state index is -0.608. The average molecular weight is 758 g/mol. The van der Waals surface area contributed by atoms with Crippen LogP contribution in [0.2, 0.25) is 0 Å². The third-order valence-electron chi connectivity index (χ3n) is 12.3. The number of methoxy groups -OCH3 is 1. The number of nitrogens with one attached hydrogen (secondary N) is 2. The molecule has 0 spiro atoms. The quantitative estimate of drug-likeness (QED) is 0.237. The van der Waals surface area contributed by atoms with Crippen molar-refractivity contribution in [3.63, 3.8) is 0 Å². The molecule has 290 valence electrons. The highest BCUT2D eigenvalue weighted by Crippen LogP contribution is 2.45. The number of benzene rings is 2. The highest BCUT2D eigenvalue weighted by atomic mass is 16.5. The van der Waals surface area contributed by atoms with Crippen LogP contribution in [0.3, 0.4) is 0 Å². The van der Waals surface area contributed by atoms with E-state index in [2.05, 4.69) is 67.6 Å². The summed E-state index contributed by atoms with van der Waals surface area (Å²) in [4.78, 5) is 51.1. The van der Waals surface area contributed by atoms with Crippen LogP contribution in [0.25, 0.3) is 11.3 Å². The Morgan fingerprint density at radius 3 is 2.61 bits per heavy atom. The number of amides is 3. The number of hydrogen-bond donors (Lipinski definition) is 2. The number of anilines is 3. The topological polar surface area (TPSA) is 145 Å². The molecular formula is C42H47N9O5. The minimum Gasteiger partial charge on any atom is -0.496 e. The van der Waals surface area contributed by atoms with Crippen molar-refractivity contribution in [1.29, 1.82) is 0 Å². The highest BCUT2D eigenvalue weighted by Gasteiger charge is 2.49. The molecule has 5 aliphatic heterocycles. The summed E-state index contributed by atoms with van der Waals surface area (Å²) in [6.07, 6.45) is 4.34. The maximum atomic E-state index is 13.4. The van der Waals surface area contributed by atoms with Crippen molar-refractivity contribution < 1.29 is 23.9 Å². The van der Waals surface area contributed by atoms with E-state index in [0.717, 1.165) is 110 Å². The lowest BCUT2D eigenvalue weighted by Crippen LogP contribution is -2.52. The largest absolute Gasteiger partial charge is 0.496 e. The number of fused-ring (bicyclic) bond motifs is 4. The molecule has 3 atom stereocenters. The van der Waals surface area contributed by atoms with Crippen molar-refractivity contribution in [2.24, 2.45) is 0 Å². The van der Waals surface area contributed by atoms with Gasteiger partial charge in [0.05, 0.1) is 30.6 Å². The zero-order valence-corrected chi connectivity index (χ0v) is 32.1. The lowest BCUT2D eigenvalue weighted by molar-refractivity contribution is -0.136. The number of aryl methyl sites for hydroxylation is 1. The van der Waals surface area contributed by atoms with Crippen LogP contribution in [0.15, 0.2) is 60.8 Å². The Labute approximate surface area is 326 Å². The number of rotatable bonds is 9. The molecule has 2 N–H and O–H groups in total. The van der Waals surface area contributed by atoms with E-state index in [9.17, 15) is 14.4 Å². The van der Waals surface area contributed by atoms with Gasteiger partial charge in [-0.15, -0.1) is 10.2 Å². The Bertz CT molecular complexity index is 2210. The Kier molecular flexibility index (Phi) is 9.23. The molecule has 7 heterocycles. The van der Waals surface area contributed by atoms with E-state index in [0.29, 0.717) is 24.4 Å². The molecule has 0 radical (unpaired) electrons. The molecule has 9 rings (SSSR count). The van der Waals surface area contributed by atoms with Gasteiger partial charge in [-0.1, -0.05) is 25.1 Å². The predicted molar refractivity (Wildman–Crippen MR) is 211 cm³/mol. The van der Waals surface area contributed by atoms with Gasteiger partial charge in [-0.2, -0.15) is 0 Å². The van der Waals surface area contributed by atoms with Gasteiger partial charge < -0.3 is 29.5 Å². The van der Waals surface area contributed by atoms with Gasteiger partial charge in [0.25, 0.3) is 5.91 Å². The molecule has 2 aromatic carbocycles. The summed E-state index contributed by atoms with van der Waals surface area (Å²) < 4.78 is 12.3. The van der Waals surface area contributed by atoms with Crippen molar-refractivity contribution in [3.8, 4) is 22.9 Å². The molecule has 3 amide bonds. The SMILES string of the molecule is CC[C@]12CNc3nnc(-c4ccccc4OC)cc3N1C[C@H](Oc1ncc(CN3CCN(c4ccc5c(c4)C(=O)N([C@H]4CCC(=O)NC4=O)C5)CC3)cc1C)C2. The molecular weight excluding hydrogens is 711 g/mol. The van der Waals surface area contributed by atoms with Crippen LogP contribution in [-0.4, -0.2) is 107 Å². The fourth-order valence-electron chi connectivity index (χ4n) is 9.16. The van der Waals surface area contributed by atoms with Gasteiger partial charge in [0.1, 0.15) is 17.9 Å². The van der Waals surface area contributed by atoms with Crippen LogP contribution in [0.5, 0.6) is 11.6 Å². The Morgan fingerprint density at radius 2 is 1.82 bits per heavy atom. The van der Waals surface area contributed by atoms with Gasteiger partial charge in [0, 0.05) is 87.2 Å². The first kappa shape index (κ1) is 35.9. The van der Waals surface area contributed by atoms with Crippen LogP contribution >= 0.6 is 0 Å². The number of piperidine rings is 1. The summed E-state index contributed by atoms with van der Waals surface area (Å²) in [5.41, 5.74) is 7.34. The van der Waals surface area contributed by atoms with Gasteiger partial charge in [-0.3, -0.25) is 24.6 Å². The standard InChI is InChI=1S/C42H47N9O5/c1-4-42-20-30(24-51(42)35-19-33(46-47-38(35)44-25-42)31-7-5-6-8-36(31)55-3)56-40-26(2)17-27(21-43-40)22-48-13-15-49(16-14-48)29-10-9-28-23-50(41(54)32(28)18-29)34-11-12-37(52)45-39(34)53/h5-10,17-19,21,30,34H,4,11-16,20,22-25H2,1-3H3,(H,44,47)(H,45,52,53)/t30-,34+,42+/m1/s1. The summed E-state index contributed by atoms with van der Waals surface area (Å²) in [5, 5.41) is 15.0. The molecule has 5 aliphatic rings. The summed E-state index contributed by atoms with van der Waals surface area (Å²) in [7, 11) is 1.67. The Morgan fingerprint density at radius 1 is 0.982 bits per heavy atom. The smallest absolute Gasteiger partial charge is 0.255 e. The maximum absolute atomic E-state index is 13.4. The third kappa shape index (κ3) is 6.45. The number of carbonyl (C=O) groups excluding carboxylic acids is 3. The van der Waals surface area contributed by atoms with Crippen molar-refractivity contribution in [2.75, 3.05) is 61.5 Å². The molecule has 0 unspecified atom stereocenters. The molecule has 0 saturated carbocycles. The Hall–Kier alpha value is -5.76. The number of imide groups is 1. The van der Waals surface area contributed by atoms with Crippen LogP contribution in [-0.2, 0) is 22.7 Å². The monoisotopic (exact) mass is 757 g/mol. The number of para-hydroxylation sites is 1. The second kappa shape index (κ2) is 14.4. The molecule has 14 heteroatoms. The Balaban J connectivity index is 0.817.